The quantitative estimate of drug-likeness (QED) is 0.0596. The number of alkyl carbamates (subject to hydrolysis) is 3. The van der Waals surface area contributed by atoms with Crippen LogP contribution < -0.4 is 16.0 Å². The second-order valence-corrected chi connectivity index (χ2v) is 11.4. The average Bonchev–Trinajstić information content (AvgIpc) is 3.38. The van der Waals surface area contributed by atoms with Crippen molar-refractivity contribution in [2.24, 2.45) is 4.99 Å². The van der Waals surface area contributed by atoms with Crippen LogP contribution >= 0.6 is 0 Å². The van der Waals surface area contributed by atoms with Crippen molar-refractivity contribution >= 4 is 30.2 Å². The Balaban J connectivity index is 1.50. The maximum atomic E-state index is 12.7. The third-order valence-electron chi connectivity index (χ3n) is 7.76. The van der Waals surface area contributed by atoms with Crippen LogP contribution in [0.25, 0.3) is 11.1 Å². The van der Waals surface area contributed by atoms with E-state index in [9.17, 15) is 24.3 Å². The number of nitrogens with zero attached hydrogens (tertiary/aromatic N) is 1. The number of guanidine groups is 1. The first kappa shape index (κ1) is 36.9. The largest absolute Gasteiger partial charge is 0.480 e. The molecular formula is C35H48N4O8. The maximum absolute atomic E-state index is 12.7. The van der Waals surface area contributed by atoms with Crippen molar-refractivity contribution in [2.45, 2.75) is 90.0 Å². The molecule has 4 N–H and O–H groups in total. The normalized spacial score (nSPS) is 12.2. The third-order valence-corrected chi connectivity index (χ3v) is 7.76. The van der Waals surface area contributed by atoms with Crippen molar-refractivity contribution in [1.29, 1.82) is 0 Å². The fourth-order valence-electron chi connectivity index (χ4n) is 5.29. The summed E-state index contributed by atoms with van der Waals surface area (Å²) in [5, 5.41) is 17.0. The summed E-state index contributed by atoms with van der Waals surface area (Å²) in [6.07, 6.45) is 5.34. The van der Waals surface area contributed by atoms with E-state index in [1.54, 1.807) is 0 Å². The smallest absolute Gasteiger partial charge is 0.413 e. The van der Waals surface area contributed by atoms with Gasteiger partial charge in [-0.1, -0.05) is 101 Å². The van der Waals surface area contributed by atoms with Crippen LogP contribution in [0.2, 0.25) is 0 Å². The van der Waals surface area contributed by atoms with Gasteiger partial charge in [0, 0.05) is 12.5 Å². The highest BCUT2D eigenvalue weighted by Gasteiger charge is 2.29. The molecule has 1 aliphatic carbocycles. The predicted octanol–water partition coefficient (Wildman–Crippen LogP) is 6.73. The van der Waals surface area contributed by atoms with Gasteiger partial charge in [0.1, 0.15) is 12.6 Å². The lowest BCUT2D eigenvalue weighted by molar-refractivity contribution is -0.139. The number of carbonyl (C=O) groups excluding carboxylic acids is 3. The van der Waals surface area contributed by atoms with Gasteiger partial charge in [0.25, 0.3) is 0 Å². The zero-order chi connectivity index (χ0) is 33.9. The zero-order valence-electron chi connectivity index (χ0n) is 27.4. The summed E-state index contributed by atoms with van der Waals surface area (Å²) in [4.78, 5) is 53.4. The van der Waals surface area contributed by atoms with Crippen LogP contribution in [0.1, 0.15) is 95.1 Å². The lowest BCUT2D eigenvalue weighted by atomic mass is 9.98. The molecule has 3 rings (SSSR count). The number of carboxylic acids is 1. The van der Waals surface area contributed by atoms with E-state index in [-0.39, 0.29) is 51.1 Å². The van der Waals surface area contributed by atoms with E-state index in [0.29, 0.717) is 12.8 Å². The molecule has 0 saturated heterocycles. The molecule has 3 amide bonds. The molecule has 0 aromatic heterocycles. The van der Waals surface area contributed by atoms with Crippen molar-refractivity contribution in [3.8, 4) is 11.1 Å². The summed E-state index contributed by atoms with van der Waals surface area (Å²) in [6.45, 7) is 4.72. The second kappa shape index (κ2) is 20.5. The number of rotatable bonds is 18. The Morgan fingerprint density at radius 1 is 0.723 bits per heavy atom. The summed E-state index contributed by atoms with van der Waals surface area (Å²) >= 11 is 0. The molecule has 2 aromatic rings. The van der Waals surface area contributed by atoms with Gasteiger partial charge in [-0.3, -0.25) is 15.6 Å². The Hall–Kier alpha value is -4.61. The Morgan fingerprint density at radius 2 is 1.26 bits per heavy atom. The number of hydrogen-bond donors (Lipinski definition) is 4. The lowest BCUT2D eigenvalue weighted by Crippen LogP contribution is -2.44. The van der Waals surface area contributed by atoms with Crippen molar-refractivity contribution in [3.63, 3.8) is 0 Å². The molecule has 0 radical (unpaired) electrons. The molecule has 256 valence electrons. The molecule has 1 atom stereocenters. The van der Waals surface area contributed by atoms with E-state index >= 15 is 0 Å². The molecular weight excluding hydrogens is 604 g/mol. The highest BCUT2D eigenvalue weighted by molar-refractivity contribution is 6.01. The van der Waals surface area contributed by atoms with E-state index in [1.807, 2.05) is 48.5 Å². The first-order valence-electron chi connectivity index (χ1n) is 16.6. The van der Waals surface area contributed by atoms with Crippen LogP contribution in [0.5, 0.6) is 0 Å². The molecule has 2 aromatic carbocycles. The predicted molar refractivity (Wildman–Crippen MR) is 178 cm³/mol. The molecule has 0 bridgehead atoms. The summed E-state index contributed by atoms with van der Waals surface area (Å²) in [6, 6.07) is 14.6. The number of aliphatic carboxylic acids is 1. The summed E-state index contributed by atoms with van der Waals surface area (Å²) in [5.74, 6) is -1.55. The highest BCUT2D eigenvalue weighted by Crippen LogP contribution is 2.44. The first-order chi connectivity index (χ1) is 22.8. The molecule has 0 heterocycles. The lowest BCUT2D eigenvalue weighted by Gasteiger charge is -2.17. The number of nitrogens with one attached hydrogen (secondary N) is 3. The number of benzene rings is 2. The van der Waals surface area contributed by atoms with Crippen molar-refractivity contribution in [2.75, 3.05) is 26.4 Å². The van der Waals surface area contributed by atoms with Gasteiger partial charge in [-0.05, 0) is 47.9 Å². The van der Waals surface area contributed by atoms with Crippen LogP contribution in [-0.2, 0) is 19.0 Å². The Bertz CT molecular complexity index is 1270. The number of fused-ring (bicyclic) bond motifs is 3. The fraction of sp³-hybridized carbons (Fsp3) is 0.514. The molecule has 12 heteroatoms. The van der Waals surface area contributed by atoms with E-state index in [4.69, 9.17) is 14.2 Å². The molecule has 0 spiro atoms. The number of carbonyl (C=O) groups is 4. The summed E-state index contributed by atoms with van der Waals surface area (Å²) in [5.41, 5.74) is 4.27. The maximum Gasteiger partial charge on any atom is 0.413 e. The molecule has 1 aliphatic rings. The van der Waals surface area contributed by atoms with E-state index < -0.39 is 30.3 Å². The van der Waals surface area contributed by atoms with Crippen LogP contribution in [0.15, 0.2) is 53.5 Å². The Labute approximate surface area is 276 Å². The second-order valence-electron chi connectivity index (χ2n) is 11.4. The number of unbranched alkanes of at least 4 members (excludes halogenated alkanes) is 6. The molecule has 0 fully saturated rings. The van der Waals surface area contributed by atoms with Crippen molar-refractivity contribution in [3.05, 3.63) is 59.7 Å². The van der Waals surface area contributed by atoms with Crippen molar-refractivity contribution < 1.29 is 38.5 Å². The Morgan fingerprint density at radius 3 is 1.77 bits per heavy atom. The van der Waals surface area contributed by atoms with Crippen LogP contribution in [0, 0.1) is 0 Å². The minimum Gasteiger partial charge on any atom is -0.480 e. The van der Waals surface area contributed by atoms with Crippen molar-refractivity contribution in [1.82, 2.24) is 16.0 Å². The average molecular weight is 653 g/mol. The minimum atomic E-state index is -1.23. The van der Waals surface area contributed by atoms with Gasteiger partial charge in [0.2, 0.25) is 5.96 Å². The monoisotopic (exact) mass is 652 g/mol. The highest BCUT2D eigenvalue weighted by atomic mass is 16.6. The number of carboxylic acid groups (broad SMARTS) is 1. The third kappa shape index (κ3) is 12.6. The van der Waals surface area contributed by atoms with Gasteiger partial charge in [-0.2, -0.15) is 0 Å². The van der Waals surface area contributed by atoms with Crippen LogP contribution in [-0.4, -0.2) is 67.7 Å². The molecule has 0 aliphatic heterocycles. The minimum absolute atomic E-state index is 0.0278. The fourth-order valence-corrected chi connectivity index (χ4v) is 5.29. The topological polar surface area (TPSA) is 165 Å². The number of hydrogen-bond acceptors (Lipinski definition) is 8. The number of amides is 3. The zero-order valence-corrected chi connectivity index (χ0v) is 27.4. The van der Waals surface area contributed by atoms with Gasteiger partial charge >= 0.3 is 24.2 Å². The molecule has 12 nitrogen and oxygen atoms in total. The van der Waals surface area contributed by atoms with Crippen LogP contribution in [0.3, 0.4) is 0 Å². The van der Waals surface area contributed by atoms with Gasteiger partial charge in [-0.25, -0.2) is 19.2 Å². The Kier molecular flexibility index (Phi) is 16.1. The number of ether oxygens (including phenoxy) is 3. The van der Waals surface area contributed by atoms with Gasteiger partial charge in [0.15, 0.2) is 0 Å². The van der Waals surface area contributed by atoms with E-state index in [1.165, 1.54) is 0 Å². The number of aliphatic imine (C=N–C) groups is 1. The first-order valence-corrected chi connectivity index (χ1v) is 16.6. The van der Waals surface area contributed by atoms with Gasteiger partial charge < -0.3 is 24.6 Å². The summed E-state index contributed by atoms with van der Waals surface area (Å²) in [7, 11) is 0. The van der Waals surface area contributed by atoms with E-state index in [2.05, 4.69) is 34.8 Å². The molecule has 0 saturated carbocycles. The standard InChI is InChI=1S/C35H48N4O8/c1-3-5-7-13-22-45-34(43)38-32(39-35(44)46-23-14-8-6-4-2)36-21-15-20-30(31(40)41)37-33(42)47-24-29-27-18-11-9-16-25(27)26-17-10-12-19-28(26)29/h9-12,16-19,29-30H,3-8,13-15,20-24H2,1-2H3,(H,37,42)(H,40,41)(H2,36,38,39,43,44)/t30-/m1/s1. The molecule has 0 unspecified atom stereocenters. The van der Waals surface area contributed by atoms with E-state index in [0.717, 1.165) is 60.8 Å². The van der Waals surface area contributed by atoms with Gasteiger partial charge in [-0.15, -0.1) is 0 Å². The van der Waals surface area contributed by atoms with Crippen LogP contribution in [0.4, 0.5) is 14.4 Å². The summed E-state index contributed by atoms with van der Waals surface area (Å²) < 4.78 is 15.9. The molecule has 47 heavy (non-hydrogen) atoms. The van der Waals surface area contributed by atoms with Gasteiger partial charge in [0.05, 0.1) is 13.2 Å². The SMILES string of the molecule is CCCCCCOC(=O)NC(=NCCC[C@@H](NC(=O)OCC1c2ccccc2-c2ccccc21)C(=O)O)NC(=O)OCCCCCC.